The van der Waals surface area contributed by atoms with Crippen molar-refractivity contribution in [3.63, 3.8) is 0 Å². The number of amides is 1. The second-order valence-electron chi connectivity index (χ2n) is 4.99. The van der Waals surface area contributed by atoms with Crippen molar-refractivity contribution in [2.24, 2.45) is 5.92 Å². The van der Waals surface area contributed by atoms with Crippen LogP contribution in [0.15, 0.2) is 18.2 Å². The highest BCUT2D eigenvalue weighted by Gasteiger charge is 2.20. The van der Waals surface area contributed by atoms with Gasteiger partial charge in [0, 0.05) is 12.1 Å². The first-order valence-electron chi connectivity index (χ1n) is 6.88. The highest BCUT2D eigenvalue weighted by molar-refractivity contribution is 5.96. The van der Waals surface area contributed by atoms with Crippen LogP contribution in [0.3, 0.4) is 0 Å². The summed E-state index contributed by atoms with van der Waals surface area (Å²) in [6.07, 6.45) is 4.75. The van der Waals surface area contributed by atoms with Gasteiger partial charge >= 0.3 is 0 Å². The maximum atomic E-state index is 13.2. The van der Waals surface area contributed by atoms with Crippen molar-refractivity contribution in [1.29, 1.82) is 0 Å². The Balaban J connectivity index is 1.96. The number of aliphatic hydroxyl groups is 1. The summed E-state index contributed by atoms with van der Waals surface area (Å²) in [5, 5.41) is 11.5. The van der Waals surface area contributed by atoms with Crippen LogP contribution >= 0.6 is 0 Å². The average molecular weight is 275 g/mol. The minimum atomic E-state index is -0.447. The minimum absolute atomic E-state index is 0.247. The van der Waals surface area contributed by atoms with Crippen molar-refractivity contribution in [2.45, 2.75) is 25.7 Å². The molecule has 1 aliphatic rings. The molecule has 3 nitrogen and oxygen atoms in total. The number of carbonyl (C=O) groups excluding carboxylic acids is 1. The lowest BCUT2D eigenvalue weighted by Crippen LogP contribution is -2.25. The number of nitrogens with one attached hydrogen (secondary N) is 1. The highest BCUT2D eigenvalue weighted by Crippen LogP contribution is 2.33. The van der Waals surface area contributed by atoms with Crippen LogP contribution in [0.4, 0.5) is 4.39 Å². The first kappa shape index (κ1) is 14.5. The molecule has 1 aromatic rings. The zero-order chi connectivity index (χ0) is 14.4. The van der Waals surface area contributed by atoms with Gasteiger partial charge in [-0.15, -0.1) is 0 Å². The number of hydrogen-bond donors (Lipinski definition) is 2. The minimum Gasteiger partial charge on any atom is -0.384 e. The lowest BCUT2D eigenvalue weighted by molar-refractivity contribution is 0.0952. The van der Waals surface area contributed by atoms with E-state index in [2.05, 4.69) is 17.2 Å². The molecule has 2 N–H and O–H groups in total. The Kier molecular flexibility index (Phi) is 5.14. The molecule has 0 radical (unpaired) electrons. The van der Waals surface area contributed by atoms with Crippen molar-refractivity contribution in [3.8, 4) is 11.8 Å². The van der Waals surface area contributed by atoms with E-state index in [4.69, 9.17) is 5.11 Å². The summed E-state index contributed by atoms with van der Waals surface area (Å²) in [5.41, 5.74) is 0.650. The molecule has 0 saturated heterocycles. The second kappa shape index (κ2) is 7.06. The molecule has 0 aromatic heterocycles. The van der Waals surface area contributed by atoms with Gasteiger partial charge in [-0.1, -0.05) is 24.7 Å². The molecule has 0 bridgehead atoms. The Morgan fingerprint density at radius 2 is 2.25 bits per heavy atom. The SMILES string of the molecule is O=C(NCCCC1CC1)c1ccc(F)cc1C#CCO. The summed E-state index contributed by atoms with van der Waals surface area (Å²) in [6, 6.07) is 3.87. The molecule has 0 unspecified atom stereocenters. The number of aliphatic hydroxyl groups excluding tert-OH is 1. The average Bonchev–Trinajstić information content (AvgIpc) is 3.25. The van der Waals surface area contributed by atoms with E-state index in [1.807, 2.05) is 0 Å². The van der Waals surface area contributed by atoms with E-state index >= 15 is 0 Å². The first-order chi connectivity index (χ1) is 9.70. The molecule has 1 saturated carbocycles. The third kappa shape index (κ3) is 4.36. The Morgan fingerprint density at radius 3 is 2.95 bits per heavy atom. The summed E-state index contributed by atoms with van der Waals surface area (Å²) in [5.74, 6) is 5.20. The summed E-state index contributed by atoms with van der Waals surface area (Å²) in [4.78, 5) is 12.0. The number of rotatable bonds is 5. The van der Waals surface area contributed by atoms with Crippen LogP contribution in [0.25, 0.3) is 0 Å². The quantitative estimate of drug-likeness (QED) is 0.638. The number of halogens is 1. The van der Waals surface area contributed by atoms with Gasteiger partial charge in [-0.05, 0) is 37.0 Å². The highest BCUT2D eigenvalue weighted by atomic mass is 19.1. The first-order valence-corrected chi connectivity index (χ1v) is 6.88. The predicted molar refractivity (Wildman–Crippen MR) is 74.7 cm³/mol. The van der Waals surface area contributed by atoms with Gasteiger partial charge in [0.1, 0.15) is 12.4 Å². The molecule has 0 aliphatic heterocycles. The molecule has 1 aromatic carbocycles. The van der Waals surface area contributed by atoms with Crippen molar-refractivity contribution in [3.05, 3.63) is 35.1 Å². The maximum Gasteiger partial charge on any atom is 0.252 e. The van der Waals surface area contributed by atoms with Gasteiger partial charge < -0.3 is 10.4 Å². The summed E-state index contributed by atoms with van der Waals surface area (Å²) in [7, 11) is 0. The molecule has 1 amide bonds. The van der Waals surface area contributed by atoms with Crippen LogP contribution in [-0.2, 0) is 0 Å². The molecular weight excluding hydrogens is 257 g/mol. The van der Waals surface area contributed by atoms with Crippen LogP contribution in [0.2, 0.25) is 0 Å². The van der Waals surface area contributed by atoms with E-state index in [-0.39, 0.29) is 12.5 Å². The van der Waals surface area contributed by atoms with E-state index in [0.29, 0.717) is 17.7 Å². The summed E-state index contributed by atoms with van der Waals surface area (Å²) in [6.45, 7) is 0.304. The van der Waals surface area contributed by atoms with Crippen molar-refractivity contribution in [2.75, 3.05) is 13.2 Å². The van der Waals surface area contributed by atoms with Crippen LogP contribution in [0.1, 0.15) is 41.6 Å². The fourth-order valence-corrected chi connectivity index (χ4v) is 2.05. The standard InChI is InChI=1S/C16H18FNO2/c17-14-7-8-15(13(11-14)4-2-10-19)16(20)18-9-1-3-12-5-6-12/h7-8,11-12,19H,1,3,5-6,9-10H2,(H,18,20). The van der Waals surface area contributed by atoms with E-state index in [9.17, 15) is 9.18 Å². The van der Waals surface area contributed by atoms with E-state index in [0.717, 1.165) is 18.8 Å². The molecule has 0 heterocycles. The maximum absolute atomic E-state index is 13.2. The Morgan fingerprint density at radius 1 is 1.45 bits per heavy atom. The second-order valence-corrected chi connectivity index (χ2v) is 4.99. The molecule has 20 heavy (non-hydrogen) atoms. The molecule has 0 atom stereocenters. The number of carbonyl (C=O) groups is 1. The molecule has 106 valence electrons. The van der Waals surface area contributed by atoms with Crippen molar-refractivity contribution < 1.29 is 14.3 Å². The van der Waals surface area contributed by atoms with Gasteiger partial charge in [0.2, 0.25) is 0 Å². The third-order valence-electron chi connectivity index (χ3n) is 3.30. The molecule has 0 spiro atoms. The fraction of sp³-hybridized carbons (Fsp3) is 0.438. The van der Waals surface area contributed by atoms with Crippen LogP contribution in [0, 0.1) is 23.6 Å². The van der Waals surface area contributed by atoms with Crippen molar-refractivity contribution >= 4 is 5.91 Å². The fourth-order valence-electron chi connectivity index (χ4n) is 2.05. The van der Waals surface area contributed by atoms with Gasteiger partial charge in [0.15, 0.2) is 0 Å². The topological polar surface area (TPSA) is 49.3 Å². The largest absolute Gasteiger partial charge is 0.384 e. The molecule has 1 fully saturated rings. The molecule has 4 heteroatoms. The van der Waals surface area contributed by atoms with Crippen LogP contribution < -0.4 is 5.32 Å². The monoisotopic (exact) mass is 275 g/mol. The van der Waals surface area contributed by atoms with E-state index < -0.39 is 5.82 Å². The van der Waals surface area contributed by atoms with Gasteiger partial charge in [-0.2, -0.15) is 0 Å². The zero-order valence-corrected chi connectivity index (χ0v) is 11.3. The van der Waals surface area contributed by atoms with Crippen molar-refractivity contribution in [1.82, 2.24) is 5.32 Å². The Bertz CT molecular complexity index is 541. The van der Waals surface area contributed by atoms with Gasteiger partial charge in [0.25, 0.3) is 5.91 Å². The summed E-state index contributed by atoms with van der Waals surface area (Å²) < 4.78 is 13.2. The smallest absolute Gasteiger partial charge is 0.252 e. The van der Waals surface area contributed by atoms with Gasteiger partial charge in [-0.25, -0.2) is 4.39 Å². The van der Waals surface area contributed by atoms with Gasteiger partial charge in [-0.3, -0.25) is 4.79 Å². The summed E-state index contributed by atoms with van der Waals surface area (Å²) >= 11 is 0. The van der Waals surface area contributed by atoms with Crippen LogP contribution in [0.5, 0.6) is 0 Å². The molecular formula is C16H18FNO2. The zero-order valence-electron chi connectivity index (χ0n) is 11.3. The van der Waals surface area contributed by atoms with E-state index in [1.54, 1.807) is 0 Å². The van der Waals surface area contributed by atoms with Gasteiger partial charge in [0.05, 0.1) is 5.56 Å². The molecule has 1 aliphatic carbocycles. The Labute approximate surface area is 118 Å². The Hall–Kier alpha value is -1.86. The van der Waals surface area contributed by atoms with Crippen LogP contribution in [-0.4, -0.2) is 24.2 Å². The normalized spacial score (nSPS) is 13.5. The lowest BCUT2D eigenvalue weighted by Gasteiger charge is -2.07. The predicted octanol–water partition coefficient (Wildman–Crippen LogP) is 2.09. The number of benzene rings is 1. The van der Waals surface area contributed by atoms with E-state index in [1.165, 1.54) is 31.0 Å². The third-order valence-corrected chi connectivity index (χ3v) is 3.30. The molecule has 2 rings (SSSR count). The number of hydrogen-bond acceptors (Lipinski definition) is 2. The lowest BCUT2D eigenvalue weighted by atomic mass is 10.1.